The van der Waals surface area contributed by atoms with E-state index in [1.165, 1.54) is 39.3 Å². The lowest BCUT2D eigenvalue weighted by molar-refractivity contribution is 0.544. The van der Waals surface area contributed by atoms with Crippen LogP contribution in [-0.2, 0) is 5.41 Å². The highest BCUT2D eigenvalue weighted by Gasteiger charge is 2.36. The molecule has 0 saturated heterocycles. The van der Waals surface area contributed by atoms with Crippen LogP contribution in [0.5, 0.6) is 0 Å². The van der Waals surface area contributed by atoms with E-state index in [0.29, 0.717) is 29.3 Å². The molecule has 1 aliphatic rings. The number of hydrogen-bond acceptors (Lipinski definition) is 4. The zero-order valence-corrected chi connectivity index (χ0v) is 30.4. The lowest BCUT2D eigenvalue weighted by Crippen LogP contribution is -2.30. The van der Waals surface area contributed by atoms with Crippen LogP contribution in [-0.4, -0.2) is 15.0 Å². The zero-order valence-electron chi connectivity index (χ0n) is 30.4. The molecule has 0 amide bonds. The van der Waals surface area contributed by atoms with Crippen LogP contribution in [0.4, 0.5) is 17.1 Å². The minimum Gasteiger partial charge on any atom is -0.310 e. The fraction of sp³-hybridized carbons (Fsp3) is 0.188. The van der Waals surface area contributed by atoms with Crippen LogP contribution in [0.15, 0.2) is 158 Å². The highest BCUT2D eigenvalue weighted by atomic mass is 15.2. The van der Waals surface area contributed by atoms with Gasteiger partial charge in [0.2, 0.25) is 0 Å². The highest BCUT2D eigenvalue weighted by molar-refractivity contribution is 5.86. The van der Waals surface area contributed by atoms with Crippen LogP contribution >= 0.6 is 0 Å². The summed E-state index contributed by atoms with van der Waals surface area (Å²) in [6.07, 6.45) is 2.07. The Balaban J connectivity index is 1.10. The molecule has 2 heterocycles. The molecule has 0 N–H and O–H groups in total. The van der Waals surface area contributed by atoms with Gasteiger partial charge in [0.05, 0.1) is 11.4 Å². The molecule has 256 valence electrons. The van der Waals surface area contributed by atoms with Crippen LogP contribution in [0.1, 0.15) is 74.6 Å². The number of nitrogens with zero attached hydrogens (tertiary/aromatic N) is 4. The molecular formula is C48H44N4. The standard InChI is InChI=1S/C48H44N4/c1-5-34(38-23-16-24-39(31-38)47-50-45(35-18-8-6-9-19-35)49-46(51-47)36-20-10-7-11-21-36)30-33(2)37-22-17-25-40(32-37)52-43-28-14-12-26-41(43)48(3,4)42-27-13-15-29-44(42)52/h6-29,31-34H,5,30H2,1-4H3. The Morgan fingerprint density at radius 2 is 1.00 bits per heavy atom. The van der Waals surface area contributed by atoms with Crippen molar-refractivity contribution in [1.29, 1.82) is 0 Å². The largest absolute Gasteiger partial charge is 0.310 e. The van der Waals surface area contributed by atoms with Crippen LogP contribution in [0.2, 0.25) is 0 Å². The SMILES string of the molecule is CCC(CC(C)c1cccc(N2c3ccccc3C(C)(C)c3ccccc32)c1)c1cccc(-c2nc(-c3ccccc3)nc(-c3ccccc3)n2)c1. The maximum Gasteiger partial charge on any atom is 0.164 e. The van der Waals surface area contributed by atoms with Crippen molar-refractivity contribution in [2.24, 2.45) is 0 Å². The first-order valence-corrected chi connectivity index (χ1v) is 18.5. The molecule has 0 radical (unpaired) electrons. The van der Waals surface area contributed by atoms with Gasteiger partial charge in [0.1, 0.15) is 0 Å². The first kappa shape index (κ1) is 33.3. The summed E-state index contributed by atoms with van der Waals surface area (Å²) in [5.41, 5.74) is 11.9. The molecule has 8 rings (SSSR count). The van der Waals surface area contributed by atoms with Crippen molar-refractivity contribution in [3.63, 3.8) is 0 Å². The van der Waals surface area contributed by atoms with Gasteiger partial charge in [-0.15, -0.1) is 0 Å². The second-order valence-electron chi connectivity index (χ2n) is 14.5. The number of fused-ring (bicyclic) bond motifs is 2. The molecule has 4 nitrogen and oxygen atoms in total. The molecule has 1 aromatic heterocycles. The third-order valence-corrected chi connectivity index (χ3v) is 10.8. The van der Waals surface area contributed by atoms with Gasteiger partial charge in [0.15, 0.2) is 17.5 Å². The maximum atomic E-state index is 5.00. The summed E-state index contributed by atoms with van der Waals surface area (Å²) < 4.78 is 0. The average Bonchev–Trinajstić information content (AvgIpc) is 3.20. The Kier molecular flexibility index (Phi) is 8.98. The average molecular weight is 677 g/mol. The van der Waals surface area contributed by atoms with Crippen molar-refractivity contribution in [1.82, 2.24) is 15.0 Å². The molecule has 4 heteroatoms. The van der Waals surface area contributed by atoms with Crippen LogP contribution in [0.3, 0.4) is 0 Å². The van der Waals surface area contributed by atoms with Gasteiger partial charge in [-0.1, -0.05) is 155 Å². The Morgan fingerprint density at radius 1 is 0.519 bits per heavy atom. The first-order valence-electron chi connectivity index (χ1n) is 18.5. The van der Waals surface area contributed by atoms with E-state index in [9.17, 15) is 0 Å². The van der Waals surface area contributed by atoms with Crippen molar-refractivity contribution in [2.75, 3.05) is 4.90 Å². The molecule has 0 aliphatic carbocycles. The fourth-order valence-electron chi connectivity index (χ4n) is 7.89. The summed E-state index contributed by atoms with van der Waals surface area (Å²) in [6, 6.07) is 56.1. The molecule has 1 aliphatic heterocycles. The minimum atomic E-state index is -0.0784. The van der Waals surface area contributed by atoms with Gasteiger partial charge in [-0.3, -0.25) is 0 Å². The lowest BCUT2D eigenvalue weighted by Gasteiger charge is -2.42. The normalized spacial score (nSPS) is 14.3. The van der Waals surface area contributed by atoms with E-state index in [4.69, 9.17) is 15.0 Å². The molecule has 6 aromatic carbocycles. The van der Waals surface area contributed by atoms with E-state index in [-0.39, 0.29) is 5.41 Å². The van der Waals surface area contributed by atoms with Gasteiger partial charge < -0.3 is 4.90 Å². The Labute approximate surface area is 307 Å². The van der Waals surface area contributed by atoms with Gasteiger partial charge in [-0.2, -0.15) is 0 Å². The summed E-state index contributed by atoms with van der Waals surface area (Å²) in [6.45, 7) is 9.35. The molecule has 0 bridgehead atoms. The summed E-state index contributed by atoms with van der Waals surface area (Å²) in [5.74, 6) is 2.78. The predicted octanol–water partition coefficient (Wildman–Crippen LogP) is 12.7. The molecule has 2 unspecified atom stereocenters. The highest BCUT2D eigenvalue weighted by Crippen LogP contribution is 2.52. The van der Waals surface area contributed by atoms with Gasteiger partial charge in [0, 0.05) is 27.8 Å². The number of anilines is 3. The van der Waals surface area contributed by atoms with Crippen molar-refractivity contribution >= 4 is 17.1 Å². The smallest absolute Gasteiger partial charge is 0.164 e. The van der Waals surface area contributed by atoms with Crippen molar-refractivity contribution in [2.45, 2.75) is 57.8 Å². The molecule has 2 atom stereocenters. The Morgan fingerprint density at radius 3 is 1.58 bits per heavy atom. The number of para-hydroxylation sites is 2. The van der Waals surface area contributed by atoms with E-state index in [2.05, 4.69) is 154 Å². The number of rotatable bonds is 9. The monoisotopic (exact) mass is 676 g/mol. The van der Waals surface area contributed by atoms with E-state index in [1.54, 1.807) is 0 Å². The van der Waals surface area contributed by atoms with E-state index >= 15 is 0 Å². The van der Waals surface area contributed by atoms with Crippen LogP contribution in [0.25, 0.3) is 34.2 Å². The molecule has 52 heavy (non-hydrogen) atoms. The Bertz CT molecular complexity index is 2220. The van der Waals surface area contributed by atoms with Crippen LogP contribution < -0.4 is 4.90 Å². The van der Waals surface area contributed by atoms with Gasteiger partial charge in [0.25, 0.3) is 0 Å². The van der Waals surface area contributed by atoms with Crippen molar-refractivity contribution in [3.8, 4) is 34.2 Å². The molecule has 0 saturated carbocycles. The van der Waals surface area contributed by atoms with Crippen molar-refractivity contribution in [3.05, 3.63) is 180 Å². The third-order valence-electron chi connectivity index (χ3n) is 10.8. The van der Waals surface area contributed by atoms with Gasteiger partial charge in [-0.05, 0) is 77.3 Å². The second-order valence-corrected chi connectivity index (χ2v) is 14.5. The Hall–Kier alpha value is -5.87. The van der Waals surface area contributed by atoms with E-state index in [1.807, 2.05) is 36.4 Å². The number of aromatic nitrogens is 3. The van der Waals surface area contributed by atoms with Gasteiger partial charge >= 0.3 is 0 Å². The van der Waals surface area contributed by atoms with E-state index < -0.39 is 0 Å². The summed E-state index contributed by atoms with van der Waals surface area (Å²) in [4.78, 5) is 17.4. The topological polar surface area (TPSA) is 41.9 Å². The number of benzene rings is 6. The number of hydrogen-bond donors (Lipinski definition) is 0. The molecule has 0 spiro atoms. The van der Waals surface area contributed by atoms with Crippen LogP contribution in [0, 0.1) is 0 Å². The second kappa shape index (κ2) is 14.0. The first-order chi connectivity index (χ1) is 25.4. The fourth-order valence-corrected chi connectivity index (χ4v) is 7.89. The minimum absolute atomic E-state index is 0.0784. The maximum absolute atomic E-state index is 5.00. The third kappa shape index (κ3) is 6.30. The molecule has 0 fully saturated rings. The zero-order chi connectivity index (χ0) is 35.7. The summed E-state index contributed by atoms with van der Waals surface area (Å²) in [7, 11) is 0. The molecular weight excluding hydrogens is 633 g/mol. The predicted molar refractivity (Wildman–Crippen MR) is 215 cm³/mol. The summed E-state index contributed by atoms with van der Waals surface area (Å²) >= 11 is 0. The molecule has 7 aromatic rings. The lowest BCUT2D eigenvalue weighted by atomic mass is 9.73. The summed E-state index contributed by atoms with van der Waals surface area (Å²) in [5, 5.41) is 0. The van der Waals surface area contributed by atoms with Crippen molar-refractivity contribution < 1.29 is 0 Å². The van der Waals surface area contributed by atoms with Gasteiger partial charge in [-0.25, -0.2) is 15.0 Å². The quantitative estimate of drug-likeness (QED) is 0.153. The van der Waals surface area contributed by atoms with E-state index in [0.717, 1.165) is 29.5 Å².